The Morgan fingerprint density at radius 2 is 1.94 bits per heavy atom. The van der Waals surface area contributed by atoms with Gasteiger partial charge in [-0.2, -0.15) is 0 Å². The molecule has 0 amide bonds. The molecule has 2 rings (SSSR count). The lowest BCUT2D eigenvalue weighted by Gasteiger charge is -2.09. The van der Waals surface area contributed by atoms with Crippen molar-refractivity contribution in [1.82, 2.24) is 9.55 Å². The SMILES string of the molecule is Cc1cccc(Cl)c1-n1c(=O)cc(Cl)[nH]c1=O. The molecule has 0 aliphatic heterocycles. The van der Waals surface area contributed by atoms with E-state index in [2.05, 4.69) is 4.98 Å². The quantitative estimate of drug-likeness (QED) is 0.808. The number of nitrogens with one attached hydrogen (secondary N) is 1. The van der Waals surface area contributed by atoms with Crippen molar-refractivity contribution < 1.29 is 0 Å². The van der Waals surface area contributed by atoms with Crippen molar-refractivity contribution in [2.24, 2.45) is 0 Å². The summed E-state index contributed by atoms with van der Waals surface area (Å²) < 4.78 is 0.962. The van der Waals surface area contributed by atoms with Gasteiger partial charge in [-0.1, -0.05) is 35.3 Å². The van der Waals surface area contributed by atoms with E-state index < -0.39 is 11.2 Å². The first-order valence-electron chi connectivity index (χ1n) is 4.78. The summed E-state index contributed by atoms with van der Waals surface area (Å²) in [6.07, 6.45) is 0. The highest BCUT2D eigenvalue weighted by molar-refractivity contribution is 6.32. The second-order valence-electron chi connectivity index (χ2n) is 3.50. The van der Waals surface area contributed by atoms with Crippen molar-refractivity contribution in [2.45, 2.75) is 6.92 Å². The average Bonchev–Trinajstić information content (AvgIpc) is 2.21. The Kier molecular flexibility index (Phi) is 3.09. The van der Waals surface area contributed by atoms with Crippen LogP contribution in [0.2, 0.25) is 10.2 Å². The molecule has 4 nitrogen and oxygen atoms in total. The van der Waals surface area contributed by atoms with Gasteiger partial charge in [0.15, 0.2) is 0 Å². The van der Waals surface area contributed by atoms with Crippen LogP contribution in [0.15, 0.2) is 33.9 Å². The van der Waals surface area contributed by atoms with E-state index in [9.17, 15) is 9.59 Å². The van der Waals surface area contributed by atoms with Gasteiger partial charge in [0.25, 0.3) is 5.56 Å². The summed E-state index contributed by atoms with van der Waals surface area (Å²) in [4.78, 5) is 25.8. The molecule has 0 radical (unpaired) electrons. The van der Waals surface area contributed by atoms with E-state index in [1.165, 1.54) is 0 Å². The monoisotopic (exact) mass is 270 g/mol. The Hall–Kier alpha value is -1.52. The molecule has 88 valence electrons. The highest BCUT2D eigenvalue weighted by Gasteiger charge is 2.11. The Morgan fingerprint density at radius 1 is 1.24 bits per heavy atom. The molecule has 0 aliphatic carbocycles. The molecule has 6 heteroatoms. The van der Waals surface area contributed by atoms with Crippen LogP contribution in [0.4, 0.5) is 0 Å². The maximum Gasteiger partial charge on any atom is 0.334 e. The van der Waals surface area contributed by atoms with Crippen molar-refractivity contribution in [3.63, 3.8) is 0 Å². The highest BCUT2D eigenvalue weighted by Crippen LogP contribution is 2.21. The third-order valence-corrected chi connectivity index (χ3v) is 2.82. The van der Waals surface area contributed by atoms with Crippen LogP contribution in [0.1, 0.15) is 5.56 Å². The van der Waals surface area contributed by atoms with Gasteiger partial charge in [0.2, 0.25) is 0 Å². The Balaban J connectivity index is 2.88. The number of benzene rings is 1. The normalized spacial score (nSPS) is 10.5. The topological polar surface area (TPSA) is 54.9 Å². The van der Waals surface area contributed by atoms with Crippen molar-refractivity contribution in [3.8, 4) is 5.69 Å². The largest absolute Gasteiger partial charge is 0.334 e. The molecule has 1 aromatic carbocycles. The molecule has 0 unspecified atom stereocenters. The number of aryl methyl sites for hydroxylation is 1. The minimum Gasteiger partial charge on any atom is -0.297 e. The molecule has 0 bridgehead atoms. The fourth-order valence-corrected chi connectivity index (χ4v) is 2.07. The van der Waals surface area contributed by atoms with Crippen molar-refractivity contribution in [2.75, 3.05) is 0 Å². The minimum atomic E-state index is -0.612. The number of halogens is 2. The van der Waals surface area contributed by atoms with Gasteiger partial charge in [0.05, 0.1) is 10.7 Å². The molecule has 17 heavy (non-hydrogen) atoms. The zero-order valence-corrected chi connectivity index (χ0v) is 10.3. The van der Waals surface area contributed by atoms with Crippen molar-refractivity contribution in [1.29, 1.82) is 0 Å². The predicted octanol–water partition coefficient (Wildman–Crippen LogP) is 2.14. The summed E-state index contributed by atoms with van der Waals surface area (Å²) in [6, 6.07) is 6.26. The molecule has 0 atom stereocenters. The van der Waals surface area contributed by atoms with Gasteiger partial charge in [-0.25, -0.2) is 9.36 Å². The first-order valence-corrected chi connectivity index (χ1v) is 5.53. The average molecular weight is 271 g/mol. The van der Waals surface area contributed by atoms with Crippen LogP contribution in [0, 0.1) is 6.92 Å². The van der Waals surface area contributed by atoms with Crippen LogP contribution in [0.3, 0.4) is 0 Å². The highest BCUT2D eigenvalue weighted by atomic mass is 35.5. The molecule has 1 N–H and O–H groups in total. The van der Waals surface area contributed by atoms with Crippen LogP contribution in [0.25, 0.3) is 5.69 Å². The first kappa shape index (κ1) is 12.0. The summed E-state index contributed by atoms with van der Waals surface area (Å²) >= 11 is 11.6. The van der Waals surface area contributed by atoms with Crippen LogP contribution in [0.5, 0.6) is 0 Å². The summed E-state index contributed by atoms with van der Waals surface area (Å²) in [5.41, 5.74) is -0.0295. The van der Waals surface area contributed by atoms with Crippen LogP contribution < -0.4 is 11.2 Å². The lowest BCUT2D eigenvalue weighted by Crippen LogP contribution is -2.33. The van der Waals surface area contributed by atoms with E-state index in [0.29, 0.717) is 10.7 Å². The predicted molar refractivity (Wildman–Crippen MR) is 67.4 cm³/mol. The molecule has 1 heterocycles. The summed E-state index contributed by atoms with van der Waals surface area (Å²) in [5.74, 6) is 0. The fourth-order valence-electron chi connectivity index (χ4n) is 1.59. The molecule has 2 aromatic rings. The standard InChI is InChI=1S/C11H8Cl2N2O2/c1-6-3-2-4-7(12)10(6)15-9(16)5-8(13)14-11(15)17/h2-5H,1H3,(H,14,17). The van der Waals surface area contributed by atoms with Crippen LogP contribution in [-0.4, -0.2) is 9.55 Å². The minimum absolute atomic E-state index is 0.000886. The second kappa shape index (κ2) is 4.39. The lowest BCUT2D eigenvalue weighted by molar-refractivity contribution is 0.869. The van der Waals surface area contributed by atoms with Gasteiger partial charge in [-0.05, 0) is 18.6 Å². The maximum atomic E-state index is 11.8. The summed E-state index contributed by atoms with van der Waals surface area (Å²) in [6.45, 7) is 1.77. The maximum absolute atomic E-state index is 11.8. The zero-order chi connectivity index (χ0) is 12.6. The lowest BCUT2D eigenvalue weighted by atomic mass is 10.2. The van der Waals surface area contributed by atoms with Crippen LogP contribution >= 0.6 is 23.2 Å². The number of rotatable bonds is 1. The second-order valence-corrected chi connectivity index (χ2v) is 4.32. The van der Waals surface area contributed by atoms with Crippen LogP contribution in [-0.2, 0) is 0 Å². The van der Waals surface area contributed by atoms with Gasteiger partial charge in [-0.3, -0.25) is 9.78 Å². The first-order chi connectivity index (χ1) is 8.00. The molecule has 0 fully saturated rings. The Bertz CT molecular complexity index is 637. The molecular formula is C11H8Cl2N2O2. The number of hydrogen-bond acceptors (Lipinski definition) is 2. The third-order valence-electron chi connectivity index (χ3n) is 2.31. The van der Waals surface area contributed by atoms with E-state index in [1.54, 1.807) is 25.1 Å². The Labute approximate surface area is 106 Å². The van der Waals surface area contributed by atoms with Gasteiger partial charge in [-0.15, -0.1) is 0 Å². The van der Waals surface area contributed by atoms with Gasteiger partial charge < -0.3 is 0 Å². The van der Waals surface area contributed by atoms with Gasteiger partial charge in [0.1, 0.15) is 5.15 Å². The number of aromatic amines is 1. The van der Waals surface area contributed by atoms with Crippen molar-refractivity contribution in [3.05, 3.63) is 60.8 Å². The van der Waals surface area contributed by atoms with E-state index in [0.717, 1.165) is 16.2 Å². The number of para-hydroxylation sites is 1. The summed E-state index contributed by atoms with van der Waals surface area (Å²) in [5, 5.41) is 0.334. The molecule has 0 spiro atoms. The molecular weight excluding hydrogens is 263 g/mol. The van der Waals surface area contributed by atoms with E-state index in [-0.39, 0.29) is 5.15 Å². The zero-order valence-electron chi connectivity index (χ0n) is 8.83. The van der Waals surface area contributed by atoms with Gasteiger partial charge >= 0.3 is 5.69 Å². The Morgan fingerprint density at radius 3 is 2.53 bits per heavy atom. The fraction of sp³-hybridized carbons (Fsp3) is 0.0909. The smallest absolute Gasteiger partial charge is 0.297 e. The number of aromatic nitrogens is 2. The van der Waals surface area contributed by atoms with Gasteiger partial charge in [0, 0.05) is 6.07 Å². The van der Waals surface area contributed by atoms with E-state index in [1.807, 2.05) is 0 Å². The van der Waals surface area contributed by atoms with E-state index in [4.69, 9.17) is 23.2 Å². The number of nitrogens with zero attached hydrogens (tertiary/aromatic N) is 1. The molecule has 1 aromatic heterocycles. The molecule has 0 aliphatic rings. The van der Waals surface area contributed by atoms with E-state index >= 15 is 0 Å². The number of H-pyrrole nitrogens is 1. The third kappa shape index (κ3) is 2.14. The summed E-state index contributed by atoms with van der Waals surface area (Å²) in [7, 11) is 0. The molecule has 0 saturated carbocycles. The molecule has 0 saturated heterocycles. The van der Waals surface area contributed by atoms with Crippen molar-refractivity contribution >= 4 is 23.2 Å². The number of hydrogen-bond donors (Lipinski definition) is 1.